The van der Waals surface area contributed by atoms with Gasteiger partial charge in [-0.2, -0.15) is 5.10 Å². The summed E-state index contributed by atoms with van der Waals surface area (Å²) in [5.41, 5.74) is 2.55. The van der Waals surface area contributed by atoms with Crippen LogP contribution < -0.4 is 5.32 Å². The van der Waals surface area contributed by atoms with Gasteiger partial charge in [0.25, 0.3) is 0 Å². The number of fused-ring (bicyclic) bond motifs is 1. The molecule has 3 nitrogen and oxygen atoms in total. The molecule has 2 heterocycles. The SMILES string of the molecule is Clc1cc(C2CCNCC2)c2cnn(PI)c2c1. The second-order valence-electron chi connectivity index (χ2n) is 4.59. The average molecular weight is 394 g/mol. The molecule has 0 bridgehead atoms. The maximum Gasteiger partial charge on any atom is 0.0747 e. The van der Waals surface area contributed by atoms with E-state index in [1.54, 1.807) is 0 Å². The minimum atomic E-state index is 0.614. The lowest BCUT2D eigenvalue weighted by Gasteiger charge is -2.23. The second-order valence-corrected chi connectivity index (χ2v) is 7.07. The average Bonchev–Trinajstić information content (AvgIpc) is 2.81. The Labute approximate surface area is 126 Å². The van der Waals surface area contributed by atoms with Crippen molar-refractivity contribution in [2.24, 2.45) is 0 Å². The zero-order valence-corrected chi connectivity index (χ0v) is 13.7. The van der Waals surface area contributed by atoms with Crippen LogP contribution in [-0.2, 0) is 0 Å². The summed E-state index contributed by atoms with van der Waals surface area (Å²) in [5.74, 6) is 0.614. The Morgan fingerprint density at radius 2 is 2.17 bits per heavy atom. The van der Waals surface area contributed by atoms with Crippen molar-refractivity contribution in [2.45, 2.75) is 18.8 Å². The van der Waals surface area contributed by atoms with Crippen LogP contribution in [0.1, 0.15) is 24.3 Å². The first-order chi connectivity index (χ1) is 8.79. The highest BCUT2D eigenvalue weighted by molar-refractivity contribution is 14.2. The van der Waals surface area contributed by atoms with Crippen molar-refractivity contribution in [1.82, 2.24) is 14.9 Å². The van der Waals surface area contributed by atoms with Gasteiger partial charge in [-0.3, -0.25) is 0 Å². The van der Waals surface area contributed by atoms with Gasteiger partial charge in [-0.1, -0.05) is 11.6 Å². The highest BCUT2D eigenvalue weighted by atomic mass is 127. The van der Waals surface area contributed by atoms with Crippen LogP contribution in [0.4, 0.5) is 0 Å². The van der Waals surface area contributed by atoms with Gasteiger partial charge in [0.15, 0.2) is 0 Å². The summed E-state index contributed by atoms with van der Waals surface area (Å²) in [6, 6.07) is 4.16. The molecule has 18 heavy (non-hydrogen) atoms. The van der Waals surface area contributed by atoms with Crippen LogP contribution >= 0.6 is 40.0 Å². The third-order valence-corrected chi connectivity index (χ3v) is 5.65. The predicted octanol–water partition coefficient (Wildman–Crippen LogP) is 3.95. The summed E-state index contributed by atoms with van der Waals surface area (Å²) < 4.78 is 2.03. The van der Waals surface area contributed by atoms with Crippen LogP contribution in [0.25, 0.3) is 10.9 Å². The number of hydrogen-bond donors (Lipinski definition) is 1. The number of nitrogens with one attached hydrogen (secondary N) is 1. The quantitative estimate of drug-likeness (QED) is 0.618. The number of hydrogen-bond acceptors (Lipinski definition) is 2. The van der Waals surface area contributed by atoms with E-state index < -0.39 is 0 Å². The molecule has 0 amide bonds. The maximum absolute atomic E-state index is 6.27. The van der Waals surface area contributed by atoms with E-state index in [2.05, 4.69) is 38.5 Å². The van der Waals surface area contributed by atoms with Gasteiger partial charge >= 0.3 is 0 Å². The Hall–Kier alpha value is 0.1000. The summed E-state index contributed by atoms with van der Waals surface area (Å²) in [4.78, 5) is 0. The van der Waals surface area contributed by atoms with Crippen molar-refractivity contribution in [3.63, 3.8) is 0 Å². The third-order valence-electron chi connectivity index (χ3n) is 3.54. The number of piperidine rings is 1. The molecule has 2 aromatic rings. The lowest BCUT2D eigenvalue weighted by Crippen LogP contribution is -2.26. The van der Waals surface area contributed by atoms with Crippen molar-refractivity contribution >= 4 is 50.9 Å². The molecule has 1 saturated heterocycles. The molecule has 1 N–H and O–H groups in total. The molecule has 96 valence electrons. The molecule has 1 aromatic heterocycles. The van der Waals surface area contributed by atoms with Gasteiger partial charge in [0.05, 0.1) is 18.1 Å². The molecule has 6 heteroatoms. The zero-order chi connectivity index (χ0) is 12.5. The molecule has 0 spiro atoms. The fourth-order valence-electron chi connectivity index (χ4n) is 2.66. The minimum Gasteiger partial charge on any atom is -0.317 e. The van der Waals surface area contributed by atoms with E-state index in [-0.39, 0.29) is 0 Å². The molecule has 3 rings (SSSR count). The molecule has 1 atom stereocenters. The first kappa shape index (κ1) is 13.1. The number of rotatable bonds is 2. The maximum atomic E-state index is 6.27. The summed E-state index contributed by atoms with van der Waals surface area (Å²) in [7, 11) is 0. The van der Waals surface area contributed by atoms with Gasteiger partial charge in [-0.25, -0.2) is 4.45 Å². The van der Waals surface area contributed by atoms with Gasteiger partial charge in [0, 0.05) is 10.4 Å². The largest absolute Gasteiger partial charge is 0.317 e. The van der Waals surface area contributed by atoms with E-state index in [1.165, 1.54) is 29.3 Å². The number of nitrogens with zero attached hydrogens (tertiary/aromatic N) is 2. The molecule has 1 unspecified atom stereocenters. The van der Waals surface area contributed by atoms with Crippen LogP contribution in [0.15, 0.2) is 18.3 Å². The highest BCUT2D eigenvalue weighted by Gasteiger charge is 2.19. The zero-order valence-electron chi connectivity index (χ0n) is 9.79. The molecule has 0 aliphatic carbocycles. The standard InChI is InChI=1S/C12H14ClIN3P/c13-9-5-10(8-1-3-15-4-2-8)11-7-16-17(18-14)12(11)6-9/h5-8,15,18H,1-4H2. The smallest absolute Gasteiger partial charge is 0.0747 e. The molecular formula is C12H14ClIN3P. The van der Waals surface area contributed by atoms with Crippen molar-refractivity contribution < 1.29 is 0 Å². The van der Waals surface area contributed by atoms with Gasteiger partial charge in [0.1, 0.15) is 0 Å². The number of benzene rings is 1. The molecule has 1 aromatic carbocycles. The topological polar surface area (TPSA) is 29.9 Å². The highest BCUT2D eigenvalue weighted by Crippen LogP contribution is 2.36. The summed E-state index contributed by atoms with van der Waals surface area (Å²) in [5, 5.41) is 9.97. The van der Waals surface area contributed by atoms with Crippen molar-refractivity contribution in [2.75, 3.05) is 13.1 Å². The Morgan fingerprint density at radius 3 is 2.89 bits per heavy atom. The van der Waals surface area contributed by atoms with E-state index >= 15 is 0 Å². The Balaban J connectivity index is 2.12. The lowest BCUT2D eigenvalue weighted by molar-refractivity contribution is 0.462. The van der Waals surface area contributed by atoms with Crippen molar-refractivity contribution in [1.29, 1.82) is 0 Å². The molecule has 1 aliphatic heterocycles. The van der Waals surface area contributed by atoms with Crippen LogP contribution in [0.2, 0.25) is 5.02 Å². The minimum absolute atomic E-state index is 0.614. The second kappa shape index (κ2) is 5.61. The van der Waals surface area contributed by atoms with Crippen LogP contribution in [0.3, 0.4) is 0 Å². The Kier molecular flexibility index (Phi) is 4.09. The monoisotopic (exact) mass is 393 g/mol. The van der Waals surface area contributed by atoms with Crippen molar-refractivity contribution in [3.05, 3.63) is 28.9 Å². The summed E-state index contributed by atoms with van der Waals surface area (Å²) in [6.45, 7) is 2.20. The molecule has 0 saturated carbocycles. The number of halogens is 2. The van der Waals surface area contributed by atoms with Gasteiger partial charge < -0.3 is 5.32 Å². The number of aromatic nitrogens is 2. The molecule has 1 aliphatic rings. The first-order valence-corrected chi connectivity index (χ1v) is 10.5. The van der Waals surface area contributed by atoms with E-state index in [1.807, 2.05) is 16.7 Å². The van der Waals surface area contributed by atoms with Crippen LogP contribution in [0.5, 0.6) is 0 Å². The van der Waals surface area contributed by atoms with Gasteiger partial charge in [-0.05, 0) is 71.6 Å². The van der Waals surface area contributed by atoms with Crippen molar-refractivity contribution in [3.8, 4) is 0 Å². The lowest BCUT2D eigenvalue weighted by atomic mass is 9.88. The van der Waals surface area contributed by atoms with Crippen LogP contribution in [0, 0.1) is 0 Å². The van der Waals surface area contributed by atoms with Gasteiger partial charge in [-0.15, -0.1) is 0 Å². The predicted molar refractivity (Wildman–Crippen MR) is 87.3 cm³/mol. The fourth-order valence-corrected chi connectivity index (χ4v) is 4.41. The molecule has 1 fully saturated rings. The third kappa shape index (κ3) is 2.40. The fraction of sp³-hybridized carbons (Fsp3) is 0.417. The van der Waals surface area contributed by atoms with E-state index in [4.69, 9.17) is 11.6 Å². The Bertz CT molecular complexity index is 566. The summed E-state index contributed by atoms with van der Waals surface area (Å²) in [6.07, 6.45) is 4.98. The van der Waals surface area contributed by atoms with E-state index in [0.717, 1.165) is 18.1 Å². The first-order valence-electron chi connectivity index (χ1n) is 6.04. The summed E-state index contributed by atoms with van der Waals surface area (Å²) >= 11 is 8.62. The van der Waals surface area contributed by atoms with E-state index in [9.17, 15) is 0 Å². The normalized spacial score (nSPS) is 18.1. The van der Waals surface area contributed by atoms with E-state index in [0.29, 0.717) is 12.3 Å². The Morgan fingerprint density at radius 1 is 1.39 bits per heavy atom. The van der Waals surface area contributed by atoms with Crippen LogP contribution in [-0.4, -0.2) is 22.6 Å². The van der Waals surface area contributed by atoms with Gasteiger partial charge in [0.2, 0.25) is 0 Å². The molecular weight excluding hydrogens is 379 g/mol. The molecule has 0 radical (unpaired) electrons.